The molecule has 0 bridgehead atoms. The lowest BCUT2D eigenvalue weighted by molar-refractivity contribution is -0.133. The number of amides is 1. The number of likely N-dealkylation sites (tertiary alicyclic amines) is 1. The van der Waals surface area contributed by atoms with Crippen LogP contribution in [0.1, 0.15) is 31.4 Å². The maximum absolute atomic E-state index is 12.7. The second kappa shape index (κ2) is 9.92. The van der Waals surface area contributed by atoms with Crippen LogP contribution in [-0.2, 0) is 17.8 Å². The summed E-state index contributed by atoms with van der Waals surface area (Å²) in [7, 11) is 1.91. The zero-order valence-corrected chi connectivity index (χ0v) is 18.1. The number of aryl methyl sites for hydroxylation is 1. The predicted molar refractivity (Wildman–Crippen MR) is 120 cm³/mol. The zero-order chi connectivity index (χ0) is 21.6. The Hall–Kier alpha value is -2.93. The number of pyridine rings is 1. The molecule has 31 heavy (non-hydrogen) atoms. The number of hydrogen-bond donors (Lipinski definition) is 0. The molecule has 3 heterocycles. The Morgan fingerprint density at radius 2 is 1.90 bits per heavy atom. The molecule has 4 rings (SSSR count). The van der Waals surface area contributed by atoms with Crippen LogP contribution in [-0.4, -0.2) is 58.0 Å². The van der Waals surface area contributed by atoms with E-state index in [9.17, 15) is 9.59 Å². The van der Waals surface area contributed by atoms with E-state index >= 15 is 0 Å². The first-order valence-corrected chi connectivity index (χ1v) is 11.1. The average molecular weight is 423 g/mol. The van der Waals surface area contributed by atoms with E-state index in [1.54, 1.807) is 10.6 Å². The molecule has 0 unspecified atom stereocenters. The summed E-state index contributed by atoms with van der Waals surface area (Å²) in [5.74, 6) is -0.215. The van der Waals surface area contributed by atoms with Gasteiger partial charge in [0.2, 0.25) is 5.91 Å². The van der Waals surface area contributed by atoms with Crippen LogP contribution in [0.3, 0.4) is 0 Å². The van der Waals surface area contributed by atoms with Crippen LogP contribution in [0.5, 0.6) is 0 Å². The van der Waals surface area contributed by atoms with E-state index < -0.39 is 0 Å². The minimum atomic E-state index is -0.361. The Morgan fingerprint density at radius 1 is 1.13 bits per heavy atom. The quantitative estimate of drug-likeness (QED) is 0.558. The summed E-state index contributed by atoms with van der Waals surface area (Å²) in [6.45, 7) is 3.51. The minimum Gasteiger partial charge on any atom is -0.408 e. The molecule has 3 aromatic rings. The van der Waals surface area contributed by atoms with Crippen LogP contribution >= 0.6 is 0 Å². The van der Waals surface area contributed by atoms with Gasteiger partial charge in [-0.05, 0) is 43.5 Å². The van der Waals surface area contributed by atoms with E-state index in [0.717, 1.165) is 50.1 Å². The lowest BCUT2D eigenvalue weighted by Gasteiger charge is -2.36. The first-order chi connectivity index (χ1) is 15.1. The maximum atomic E-state index is 12.7. The fourth-order valence-corrected chi connectivity index (χ4v) is 4.34. The van der Waals surface area contributed by atoms with Crippen molar-refractivity contribution in [2.75, 3.05) is 26.7 Å². The third kappa shape index (κ3) is 5.22. The first-order valence-electron chi connectivity index (χ1n) is 11.1. The van der Waals surface area contributed by atoms with Gasteiger partial charge in [0.1, 0.15) is 0 Å². The molecule has 0 N–H and O–H groups in total. The number of fused-ring (bicyclic) bond motifs is 1. The Balaban J connectivity index is 1.21. The van der Waals surface area contributed by atoms with Gasteiger partial charge in [0.05, 0.1) is 5.52 Å². The molecule has 2 aromatic heterocycles. The number of oxazole rings is 1. The van der Waals surface area contributed by atoms with E-state index in [2.05, 4.69) is 16.0 Å². The van der Waals surface area contributed by atoms with E-state index in [0.29, 0.717) is 25.0 Å². The van der Waals surface area contributed by atoms with Crippen molar-refractivity contribution in [2.45, 2.75) is 44.7 Å². The van der Waals surface area contributed by atoms with Gasteiger partial charge in [-0.2, -0.15) is 0 Å². The van der Waals surface area contributed by atoms with Gasteiger partial charge in [0, 0.05) is 64.0 Å². The number of hydrogen-bond acceptors (Lipinski definition) is 5. The van der Waals surface area contributed by atoms with Crippen molar-refractivity contribution < 1.29 is 9.21 Å². The fraction of sp³-hybridized carbons (Fsp3) is 0.458. The molecule has 0 atom stereocenters. The summed E-state index contributed by atoms with van der Waals surface area (Å²) < 4.78 is 6.87. The van der Waals surface area contributed by atoms with Crippen molar-refractivity contribution in [3.63, 3.8) is 0 Å². The minimum absolute atomic E-state index is 0.146. The number of carbonyl (C=O) groups excluding carboxylic acids is 1. The third-order valence-corrected chi connectivity index (χ3v) is 6.25. The highest BCUT2D eigenvalue weighted by atomic mass is 16.4. The van der Waals surface area contributed by atoms with Crippen molar-refractivity contribution >= 4 is 17.0 Å². The summed E-state index contributed by atoms with van der Waals surface area (Å²) in [5, 5.41) is 0. The number of aromatic nitrogens is 2. The molecule has 164 valence electrons. The molecule has 7 nitrogen and oxygen atoms in total. The molecule has 1 amide bonds. The Morgan fingerprint density at radius 3 is 2.68 bits per heavy atom. The highest BCUT2D eigenvalue weighted by molar-refractivity contribution is 5.76. The highest BCUT2D eigenvalue weighted by Crippen LogP contribution is 2.18. The number of benzene rings is 1. The summed E-state index contributed by atoms with van der Waals surface area (Å²) in [6, 6.07) is 13.7. The van der Waals surface area contributed by atoms with E-state index in [1.165, 1.54) is 0 Å². The van der Waals surface area contributed by atoms with Crippen molar-refractivity contribution in [2.24, 2.45) is 0 Å². The van der Waals surface area contributed by atoms with Gasteiger partial charge >= 0.3 is 5.76 Å². The molecule has 1 aliphatic heterocycles. The molecular weight excluding hydrogens is 392 g/mol. The molecule has 0 spiro atoms. The Labute approximate surface area is 182 Å². The number of para-hydroxylation sites is 2. The summed E-state index contributed by atoms with van der Waals surface area (Å²) >= 11 is 0. The number of nitrogens with zero attached hydrogens (tertiary/aromatic N) is 4. The number of rotatable bonds is 8. The fourth-order valence-electron chi connectivity index (χ4n) is 4.34. The molecule has 1 saturated heterocycles. The highest BCUT2D eigenvalue weighted by Gasteiger charge is 2.25. The first kappa shape index (κ1) is 21.3. The smallest absolute Gasteiger partial charge is 0.408 e. The topological polar surface area (TPSA) is 71.6 Å². The molecular formula is C24H30N4O3. The summed E-state index contributed by atoms with van der Waals surface area (Å²) in [4.78, 5) is 33.5. The third-order valence-electron chi connectivity index (χ3n) is 6.25. The standard InChI is InChI=1S/C24H30N4O3/c1-26(20-12-17-27(18-13-20)16-11-19-7-4-5-14-25-19)23(29)10-6-15-28-21-8-2-3-9-22(21)31-24(28)30/h2-5,7-9,14,20H,6,10-13,15-18H2,1H3. The zero-order valence-electron chi connectivity index (χ0n) is 18.1. The van der Waals surface area contributed by atoms with Gasteiger partial charge in [-0.25, -0.2) is 4.79 Å². The van der Waals surface area contributed by atoms with Crippen molar-refractivity contribution in [1.82, 2.24) is 19.4 Å². The average Bonchev–Trinajstić information content (AvgIpc) is 3.13. The molecule has 7 heteroatoms. The molecule has 0 aliphatic carbocycles. The summed E-state index contributed by atoms with van der Waals surface area (Å²) in [6.07, 6.45) is 5.85. The molecule has 0 saturated carbocycles. The SMILES string of the molecule is CN(C(=O)CCCn1c(=O)oc2ccccc21)C1CCN(CCc2ccccn2)CC1. The molecule has 1 fully saturated rings. The van der Waals surface area contributed by atoms with Crippen molar-refractivity contribution in [3.8, 4) is 0 Å². The second-order valence-electron chi connectivity index (χ2n) is 8.24. The van der Waals surface area contributed by atoms with Gasteiger partial charge in [0.25, 0.3) is 0 Å². The van der Waals surface area contributed by atoms with Gasteiger partial charge < -0.3 is 14.2 Å². The van der Waals surface area contributed by atoms with Crippen molar-refractivity contribution in [3.05, 3.63) is 64.9 Å². The van der Waals surface area contributed by atoms with Crippen molar-refractivity contribution in [1.29, 1.82) is 0 Å². The monoisotopic (exact) mass is 422 g/mol. The van der Waals surface area contributed by atoms with Gasteiger partial charge in [-0.1, -0.05) is 18.2 Å². The lowest BCUT2D eigenvalue weighted by atomic mass is 10.0. The van der Waals surface area contributed by atoms with E-state index in [4.69, 9.17) is 4.42 Å². The van der Waals surface area contributed by atoms with E-state index in [-0.39, 0.29) is 17.7 Å². The van der Waals surface area contributed by atoms with Crippen LogP contribution in [0.25, 0.3) is 11.1 Å². The Kier molecular flexibility index (Phi) is 6.82. The Bertz CT molecular complexity index is 1050. The lowest BCUT2D eigenvalue weighted by Crippen LogP contribution is -2.46. The van der Waals surface area contributed by atoms with Gasteiger partial charge in [-0.15, -0.1) is 0 Å². The normalized spacial score (nSPS) is 15.4. The van der Waals surface area contributed by atoms with Crippen LogP contribution in [0, 0.1) is 0 Å². The largest absolute Gasteiger partial charge is 0.419 e. The van der Waals surface area contributed by atoms with Crippen LogP contribution in [0.15, 0.2) is 57.9 Å². The van der Waals surface area contributed by atoms with Gasteiger partial charge in [-0.3, -0.25) is 14.3 Å². The maximum Gasteiger partial charge on any atom is 0.419 e. The predicted octanol–water partition coefficient (Wildman–Crippen LogP) is 2.94. The van der Waals surface area contributed by atoms with Gasteiger partial charge in [0.15, 0.2) is 5.58 Å². The molecule has 1 aromatic carbocycles. The van der Waals surface area contributed by atoms with Crippen LogP contribution in [0.2, 0.25) is 0 Å². The van der Waals surface area contributed by atoms with Crippen LogP contribution < -0.4 is 5.76 Å². The van der Waals surface area contributed by atoms with Crippen LogP contribution in [0.4, 0.5) is 0 Å². The molecule has 1 aliphatic rings. The number of piperidine rings is 1. The molecule has 0 radical (unpaired) electrons. The number of carbonyl (C=O) groups is 1. The second-order valence-corrected chi connectivity index (χ2v) is 8.24. The summed E-state index contributed by atoms with van der Waals surface area (Å²) in [5.41, 5.74) is 2.50. The van der Waals surface area contributed by atoms with E-state index in [1.807, 2.05) is 48.5 Å².